The molecular formula is C12H13ClF3N. The molecule has 1 aromatic carbocycles. The molecule has 0 radical (unpaired) electrons. The number of hydrogen-bond donors (Lipinski definition) is 1. The summed E-state index contributed by atoms with van der Waals surface area (Å²) in [4.78, 5) is 0. The van der Waals surface area contributed by atoms with Gasteiger partial charge in [-0.2, -0.15) is 13.2 Å². The van der Waals surface area contributed by atoms with E-state index in [4.69, 9.17) is 17.3 Å². The number of rotatable bonds is 2. The molecule has 0 aromatic heterocycles. The Balaban J connectivity index is 2.38. The molecule has 0 unspecified atom stereocenters. The first-order valence-electron chi connectivity index (χ1n) is 5.52. The Hall–Kier alpha value is -0.740. The van der Waals surface area contributed by atoms with Crippen molar-refractivity contribution in [3.05, 3.63) is 34.3 Å². The van der Waals surface area contributed by atoms with E-state index >= 15 is 0 Å². The normalized spacial score (nSPS) is 18.9. The second kappa shape index (κ2) is 4.50. The van der Waals surface area contributed by atoms with Crippen LogP contribution in [-0.2, 0) is 6.18 Å². The molecule has 1 aliphatic rings. The molecule has 94 valence electrons. The Bertz CT molecular complexity index is 413. The molecule has 1 nitrogen and oxygen atoms in total. The van der Waals surface area contributed by atoms with Gasteiger partial charge in [0, 0.05) is 11.1 Å². The molecule has 0 aliphatic heterocycles. The fraction of sp³-hybridized carbons (Fsp3) is 0.500. The van der Waals surface area contributed by atoms with Crippen molar-refractivity contribution in [2.24, 2.45) is 11.7 Å². The van der Waals surface area contributed by atoms with Gasteiger partial charge in [0.15, 0.2) is 0 Å². The van der Waals surface area contributed by atoms with Crippen molar-refractivity contribution in [3.63, 3.8) is 0 Å². The summed E-state index contributed by atoms with van der Waals surface area (Å²) in [5.74, 6) is 0.164. The first kappa shape index (κ1) is 12.7. The van der Waals surface area contributed by atoms with Crippen molar-refractivity contribution in [1.29, 1.82) is 0 Å². The lowest BCUT2D eigenvalue weighted by Gasteiger charge is -2.32. The molecule has 0 bridgehead atoms. The van der Waals surface area contributed by atoms with Gasteiger partial charge in [0.05, 0.1) is 5.56 Å². The number of alkyl halides is 3. The maximum Gasteiger partial charge on any atom is 0.416 e. The van der Waals surface area contributed by atoms with E-state index in [1.807, 2.05) is 0 Å². The number of hydrogen-bond acceptors (Lipinski definition) is 1. The molecule has 1 aliphatic carbocycles. The van der Waals surface area contributed by atoms with Gasteiger partial charge in [-0.15, -0.1) is 0 Å². The predicted octanol–water partition coefficient (Wildman–Crippen LogP) is 4.16. The molecule has 0 heterocycles. The Morgan fingerprint density at radius 3 is 2.41 bits per heavy atom. The van der Waals surface area contributed by atoms with Crippen molar-refractivity contribution < 1.29 is 13.2 Å². The summed E-state index contributed by atoms with van der Waals surface area (Å²) in [6, 6.07) is 3.27. The zero-order valence-electron chi connectivity index (χ0n) is 9.10. The van der Waals surface area contributed by atoms with Gasteiger partial charge >= 0.3 is 6.18 Å². The van der Waals surface area contributed by atoms with E-state index in [9.17, 15) is 13.2 Å². The predicted molar refractivity (Wildman–Crippen MR) is 60.7 cm³/mol. The second-order valence-electron chi connectivity index (χ2n) is 4.45. The summed E-state index contributed by atoms with van der Waals surface area (Å²) < 4.78 is 38.6. The maximum atomic E-state index is 12.9. The smallest absolute Gasteiger partial charge is 0.324 e. The Labute approximate surface area is 103 Å². The van der Waals surface area contributed by atoms with Crippen molar-refractivity contribution in [2.45, 2.75) is 31.5 Å². The van der Waals surface area contributed by atoms with Crippen LogP contribution in [0, 0.1) is 5.92 Å². The quantitative estimate of drug-likeness (QED) is 0.852. The molecule has 0 amide bonds. The SMILES string of the molecule is N[C@H](c1ccc(Cl)cc1C(F)(F)F)C1CCC1. The summed E-state index contributed by atoms with van der Waals surface area (Å²) >= 11 is 5.61. The standard InChI is InChI=1S/C12H13ClF3N/c13-8-4-5-9(10(6-8)12(14,15)16)11(17)7-2-1-3-7/h4-7,11H,1-3,17H2/t11-/m0/s1. The van der Waals surface area contributed by atoms with Crippen LogP contribution in [0.4, 0.5) is 13.2 Å². The minimum absolute atomic E-state index is 0.0851. The van der Waals surface area contributed by atoms with Gasteiger partial charge in [-0.05, 0) is 36.5 Å². The molecule has 2 N–H and O–H groups in total. The molecule has 1 aromatic rings. The van der Waals surface area contributed by atoms with Gasteiger partial charge in [0.1, 0.15) is 0 Å². The van der Waals surface area contributed by atoms with Gasteiger partial charge in [0.25, 0.3) is 0 Å². The Morgan fingerprint density at radius 2 is 1.94 bits per heavy atom. The minimum Gasteiger partial charge on any atom is -0.324 e. The van der Waals surface area contributed by atoms with Crippen LogP contribution in [0.15, 0.2) is 18.2 Å². The summed E-state index contributed by atoms with van der Waals surface area (Å²) in [5, 5.41) is 0.0851. The third-order valence-corrected chi connectivity index (χ3v) is 3.57. The van der Waals surface area contributed by atoms with Crippen molar-refractivity contribution >= 4 is 11.6 Å². The van der Waals surface area contributed by atoms with Gasteiger partial charge in [-0.25, -0.2) is 0 Å². The van der Waals surface area contributed by atoms with Gasteiger partial charge in [0.2, 0.25) is 0 Å². The summed E-state index contributed by atoms with van der Waals surface area (Å²) in [5.41, 5.74) is 5.36. The number of halogens is 4. The van der Waals surface area contributed by atoms with Gasteiger partial charge < -0.3 is 5.73 Å². The molecule has 1 atom stereocenters. The fourth-order valence-corrected chi connectivity index (χ4v) is 2.29. The van der Waals surface area contributed by atoms with Gasteiger partial charge in [-0.3, -0.25) is 0 Å². The molecule has 17 heavy (non-hydrogen) atoms. The van der Waals surface area contributed by atoms with Crippen LogP contribution < -0.4 is 5.73 Å². The lowest BCUT2D eigenvalue weighted by molar-refractivity contribution is -0.138. The third-order valence-electron chi connectivity index (χ3n) is 3.34. The lowest BCUT2D eigenvalue weighted by atomic mass is 9.76. The monoisotopic (exact) mass is 263 g/mol. The van der Waals surface area contributed by atoms with Crippen molar-refractivity contribution in [3.8, 4) is 0 Å². The van der Waals surface area contributed by atoms with Crippen LogP contribution in [-0.4, -0.2) is 0 Å². The van der Waals surface area contributed by atoms with Crippen molar-refractivity contribution in [1.82, 2.24) is 0 Å². The summed E-state index contributed by atoms with van der Waals surface area (Å²) in [6.45, 7) is 0. The first-order valence-corrected chi connectivity index (χ1v) is 5.89. The van der Waals surface area contributed by atoms with Crippen LogP contribution in [0.5, 0.6) is 0 Å². The number of benzene rings is 1. The Morgan fingerprint density at radius 1 is 1.29 bits per heavy atom. The molecule has 0 saturated heterocycles. The van der Waals surface area contributed by atoms with Crippen LogP contribution in [0.3, 0.4) is 0 Å². The zero-order valence-corrected chi connectivity index (χ0v) is 9.85. The van der Waals surface area contributed by atoms with E-state index in [2.05, 4.69) is 0 Å². The van der Waals surface area contributed by atoms with Crippen LogP contribution in [0.1, 0.15) is 36.4 Å². The number of nitrogens with two attached hydrogens (primary N) is 1. The summed E-state index contributed by atoms with van der Waals surface area (Å²) in [6.07, 6.45) is -1.54. The van der Waals surface area contributed by atoms with E-state index in [1.54, 1.807) is 0 Å². The zero-order chi connectivity index (χ0) is 12.6. The molecule has 0 spiro atoms. The summed E-state index contributed by atoms with van der Waals surface area (Å²) in [7, 11) is 0. The van der Waals surface area contributed by atoms with Crippen molar-refractivity contribution in [2.75, 3.05) is 0 Å². The highest BCUT2D eigenvalue weighted by Gasteiger charge is 2.37. The van der Waals surface area contributed by atoms with Crippen LogP contribution in [0.25, 0.3) is 0 Å². The highest BCUT2D eigenvalue weighted by molar-refractivity contribution is 6.30. The highest BCUT2D eigenvalue weighted by Crippen LogP contribution is 2.42. The second-order valence-corrected chi connectivity index (χ2v) is 4.88. The average molecular weight is 264 g/mol. The minimum atomic E-state index is -4.40. The maximum absolute atomic E-state index is 12.9. The molecule has 2 rings (SSSR count). The molecular weight excluding hydrogens is 251 g/mol. The van der Waals surface area contributed by atoms with E-state index in [-0.39, 0.29) is 16.5 Å². The Kier molecular flexibility index (Phi) is 3.36. The highest BCUT2D eigenvalue weighted by atomic mass is 35.5. The first-order chi connectivity index (χ1) is 7.89. The fourth-order valence-electron chi connectivity index (χ4n) is 2.12. The topological polar surface area (TPSA) is 26.0 Å². The van der Waals surface area contributed by atoms with E-state index < -0.39 is 17.8 Å². The molecule has 5 heteroatoms. The molecule has 1 fully saturated rings. The molecule has 1 saturated carbocycles. The third kappa shape index (κ3) is 2.58. The van der Waals surface area contributed by atoms with E-state index in [0.29, 0.717) is 0 Å². The van der Waals surface area contributed by atoms with E-state index in [0.717, 1.165) is 25.3 Å². The average Bonchev–Trinajstić information content (AvgIpc) is 2.13. The van der Waals surface area contributed by atoms with Crippen LogP contribution >= 0.6 is 11.6 Å². The van der Waals surface area contributed by atoms with Gasteiger partial charge in [-0.1, -0.05) is 24.1 Å². The lowest BCUT2D eigenvalue weighted by Crippen LogP contribution is -2.29. The van der Waals surface area contributed by atoms with Crippen LogP contribution in [0.2, 0.25) is 5.02 Å². The van der Waals surface area contributed by atoms with E-state index in [1.165, 1.54) is 12.1 Å². The largest absolute Gasteiger partial charge is 0.416 e.